The molecule has 0 aliphatic heterocycles. The number of aromatic hydroxyl groups is 1. The summed E-state index contributed by atoms with van der Waals surface area (Å²) in [4.78, 5) is 8.61. The minimum atomic E-state index is 0.0285. The van der Waals surface area contributed by atoms with Gasteiger partial charge in [-0.2, -0.15) is 0 Å². The number of pyridine rings is 1. The highest BCUT2D eigenvalue weighted by Crippen LogP contribution is 2.34. The van der Waals surface area contributed by atoms with Gasteiger partial charge < -0.3 is 19.0 Å². The van der Waals surface area contributed by atoms with Gasteiger partial charge in [-0.15, -0.1) is 0 Å². The molecule has 0 saturated carbocycles. The van der Waals surface area contributed by atoms with E-state index in [1.165, 1.54) is 19.4 Å². The number of nitrogens with zero attached hydrogens (tertiary/aromatic N) is 2. The Bertz CT molecular complexity index is 798. The van der Waals surface area contributed by atoms with E-state index >= 15 is 0 Å². The number of benzene rings is 1. The third-order valence-corrected chi connectivity index (χ3v) is 3.17. The van der Waals surface area contributed by atoms with Crippen molar-refractivity contribution >= 4 is 0 Å². The summed E-state index contributed by atoms with van der Waals surface area (Å²) in [5.74, 6) is 1.48. The van der Waals surface area contributed by atoms with Crippen molar-refractivity contribution < 1.29 is 19.0 Å². The standard InChI is InChI=1S/C16H14N2O4/c1-20-10-5-6-11(13(19)8-10)16-18-12(9-22-16)15-14(21-2)4-3-7-17-15/h3-9,19H,1-2H3. The van der Waals surface area contributed by atoms with Gasteiger partial charge in [0.15, 0.2) is 0 Å². The molecule has 3 aromatic rings. The summed E-state index contributed by atoms with van der Waals surface area (Å²) in [7, 11) is 3.10. The van der Waals surface area contributed by atoms with Crippen molar-refractivity contribution in [1.82, 2.24) is 9.97 Å². The van der Waals surface area contributed by atoms with Crippen LogP contribution in [0.1, 0.15) is 0 Å². The van der Waals surface area contributed by atoms with Crippen molar-refractivity contribution in [3.05, 3.63) is 42.8 Å². The fraction of sp³-hybridized carbons (Fsp3) is 0.125. The van der Waals surface area contributed by atoms with Crippen molar-refractivity contribution in [2.45, 2.75) is 0 Å². The molecule has 0 aliphatic rings. The lowest BCUT2D eigenvalue weighted by molar-refractivity contribution is 0.407. The van der Waals surface area contributed by atoms with Crippen molar-refractivity contribution in [3.8, 4) is 40.1 Å². The Balaban J connectivity index is 2.01. The van der Waals surface area contributed by atoms with Crippen LogP contribution in [0.15, 0.2) is 47.2 Å². The molecule has 22 heavy (non-hydrogen) atoms. The first kappa shape index (κ1) is 13.9. The lowest BCUT2D eigenvalue weighted by atomic mass is 10.2. The SMILES string of the molecule is COc1ccc(-c2nc(-c3ncccc3OC)co2)c(O)c1. The minimum absolute atomic E-state index is 0.0285. The number of methoxy groups -OCH3 is 2. The van der Waals surface area contributed by atoms with E-state index in [1.54, 1.807) is 37.6 Å². The van der Waals surface area contributed by atoms with Crippen molar-refractivity contribution in [2.24, 2.45) is 0 Å². The highest BCUT2D eigenvalue weighted by molar-refractivity contribution is 5.68. The van der Waals surface area contributed by atoms with E-state index in [2.05, 4.69) is 9.97 Å². The van der Waals surface area contributed by atoms with Crippen LogP contribution in [0.25, 0.3) is 22.8 Å². The van der Waals surface area contributed by atoms with E-state index in [-0.39, 0.29) is 5.75 Å². The van der Waals surface area contributed by atoms with E-state index in [4.69, 9.17) is 13.9 Å². The molecule has 0 atom stereocenters. The van der Waals surface area contributed by atoms with E-state index in [1.807, 2.05) is 0 Å². The zero-order valence-corrected chi connectivity index (χ0v) is 12.1. The van der Waals surface area contributed by atoms with Crippen LogP contribution >= 0.6 is 0 Å². The average Bonchev–Trinajstić information content (AvgIpc) is 3.04. The monoisotopic (exact) mass is 298 g/mol. The smallest absolute Gasteiger partial charge is 0.230 e. The van der Waals surface area contributed by atoms with Crippen LogP contribution in [0.5, 0.6) is 17.2 Å². The summed E-state index contributed by atoms with van der Waals surface area (Å²) in [5.41, 5.74) is 1.58. The maximum absolute atomic E-state index is 10.0. The summed E-state index contributed by atoms with van der Waals surface area (Å²) < 4.78 is 15.8. The van der Waals surface area contributed by atoms with Crippen LogP contribution in [0.3, 0.4) is 0 Å². The Kier molecular flexibility index (Phi) is 3.65. The number of ether oxygens (including phenoxy) is 2. The maximum atomic E-state index is 10.0. The molecule has 0 aliphatic carbocycles. The lowest BCUT2D eigenvalue weighted by Crippen LogP contribution is -1.90. The fourth-order valence-electron chi connectivity index (χ4n) is 2.07. The predicted octanol–water partition coefficient (Wildman–Crippen LogP) is 3.13. The number of oxazole rings is 1. The van der Waals surface area contributed by atoms with Crippen LogP contribution in [0, 0.1) is 0 Å². The van der Waals surface area contributed by atoms with E-state index in [0.29, 0.717) is 34.3 Å². The topological polar surface area (TPSA) is 77.6 Å². The van der Waals surface area contributed by atoms with Gasteiger partial charge in [-0.1, -0.05) is 0 Å². The zero-order valence-electron chi connectivity index (χ0n) is 12.1. The van der Waals surface area contributed by atoms with Gasteiger partial charge in [-0.25, -0.2) is 4.98 Å². The molecule has 2 heterocycles. The Morgan fingerprint density at radius 1 is 1.14 bits per heavy atom. The molecule has 0 unspecified atom stereocenters. The van der Waals surface area contributed by atoms with E-state index in [0.717, 1.165) is 0 Å². The molecule has 2 aromatic heterocycles. The van der Waals surface area contributed by atoms with Crippen LogP contribution in [0.2, 0.25) is 0 Å². The summed E-state index contributed by atoms with van der Waals surface area (Å²) in [6.07, 6.45) is 3.13. The number of phenolic OH excluding ortho intramolecular Hbond substituents is 1. The number of hydrogen-bond donors (Lipinski definition) is 1. The van der Waals surface area contributed by atoms with Crippen molar-refractivity contribution in [2.75, 3.05) is 14.2 Å². The van der Waals surface area contributed by atoms with Crippen LogP contribution in [-0.4, -0.2) is 29.3 Å². The average molecular weight is 298 g/mol. The molecule has 0 bridgehead atoms. The third-order valence-electron chi connectivity index (χ3n) is 3.17. The summed E-state index contributed by atoms with van der Waals surface area (Å²) in [6, 6.07) is 8.47. The van der Waals surface area contributed by atoms with Crippen LogP contribution in [0.4, 0.5) is 0 Å². The first-order valence-corrected chi connectivity index (χ1v) is 6.55. The molecule has 1 N–H and O–H groups in total. The second kappa shape index (κ2) is 5.77. The fourth-order valence-corrected chi connectivity index (χ4v) is 2.07. The largest absolute Gasteiger partial charge is 0.507 e. The van der Waals surface area contributed by atoms with Crippen LogP contribution in [-0.2, 0) is 0 Å². The van der Waals surface area contributed by atoms with Gasteiger partial charge in [0.05, 0.1) is 19.8 Å². The molecule has 112 valence electrons. The van der Waals surface area contributed by atoms with Crippen molar-refractivity contribution in [3.63, 3.8) is 0 Å². The molecule has 0 spiro atoms. The van der Waals surface area contributed by atoms with Gasteiger partial charge in [0.2, 0.25) is 5.89 Å². The Morgan fingerprint density at radius 3 is 2.73 bits per heavy atom. The normalized spacial score (nSPS) is 10.5. The molecule has 6 nitrogen and oxygen atoms in total. The van der Waals surface area contributed by atoms with Gasteiger partial charge >= 0.3 is 0 Å². The Morgan fingerprint density at radius 2 is 2.00 bits per heavy atom. The number of phenols is 1. The molecular formula is C16H14N2O4. The van der Waals surface area contributed by atoms with E-state index < -0.39 is 0 Å². The van der Waals surface area contributed by atoms with Gasteiger partial charge in [0.1, 0.15) is 34.9 Å². The van der Waals surface area contributed by atoms with Gasteiger partial charge in [-0.05, 0) is 24.3 Å². The third kappa shape index (κ3) is 2.46. The van der Waals surface area contributed by atoms with Crippen LogP contribution < -0.4 is 9.47 Å². The molecular weight excluding hydrogens is 284 g/mol. The van der Waals surface area contributed by atoms with Gasteiger partial charge in [-0.3, -0.25) is 4.98 Å². The Labute approximate surface area is 127 Å². The molecule has 3 rings (SSSR count). The first-order chi connectivity index (χ1) is 10.7. The maximum Gasteiger partial charge on any atom is 0.230 e. The quantitative estimate of drug-likeness (QED) is 0.797. The molecule has 0 radical (unpaired) electrons. The molecule has 0 saturated heterocycles. The lowest BCUT2D eigenvalue weighted by Gasteiger charge is -2.04. The van der Waals surface area contributed by atoms with Gasteiger partial charge in [0.25, 0.3) is 0 Å². The molecule has 0 amide bonds. The highest BCUT2D eigenvalue weighted by Gasteiger charge is 2.16. The minimum Gasteiger partial charge on any atom is -0.507 e. The zero-order chi connectivity index (χ0) is 15.5. The van der Waals surface area contributed by atoms with Gasteiger partial charge in [0, 0.05) is 12.3 Å². The second-order valence-electron chi connectivity index (χ2n) is 4.48. The number of rotatable bonds is 4. The molecule has 0 fully saturated rings. The summed E-state index contributed by atoms with van der Waals surface area (Å²) in [5, 5.41) is 10.0. The summed E-state index contributed by atoms with van der Waals surface area (Å²) in [6.45, 7) is 0. The molecule has 6 heteroatoms. The molecule has 1 aromatic carbocycles. The Hall–Kier alpha value is -3.02. The second-order valence-corrected chi connectivity index (χ2v) is 4.48. The first-order valence-electron chi connectivity index (χ1n) is 6.55. The van der Waals surface area contributed by atoms with E-state index in [9.17, 15) is 5.11 Å². The summed E-state index contributed by atoms with van der Waals surface area (Å²) >= 11 is 0. The van der Waals surface area contributed by atoms with Crippen molar-refractivity contribution in [1.29, 1.82) is 0 Å². The highest BCUT2D eigenvalue weighted by atomic mass is 16.5. The number of aromatic nitrogens is 2. The predicted molar refractivity (Wildman–Crippen MR) is 79.9 cm³/mol. The number of hydrogen-bond acceptors (Lipinski definition) is 6.